The van der Waals surface area contributed by atoms with Crippen molar-refractivity contribution in [3.05, 3.63) is 0 Å². The number of ether oxygens (including phenoxy) is 1. The summed E-state index contributed by atoms with van der Waals surface area (Å²) in [5.41, 5.74) is 0. The second kappa shape index (κ2) is 7.93. The first kappa shape index (κ1) is 16.7. The minimum Gasteiger partial charge on any atom is -0.368 e. The smallest absolute Gasteiger partial charge is 0.368 e. The Balaban J connectivity index is 3.51. The number of rotatable bonds is 8. The molecule has 0 aromatic heterocycles. The van der Waals surface area contributed by atoms with E-state index in [1.807, 2.05) is 6.92 Å². The molecule has 2 atom stereocenters. The fourth-order valence-electron chi connectivity index (χ4n) is 1.32. The molecule has 104 valence electrons. The molecule has 0 fully saturated rings. The fraction of sp³-hybridized carbons (Fsp3) is 1.00. The van der Waals surface area contributed by atoms with Crippen molar-refractivity contribution < 1.29 is 17.9 Å². The van der Waals surface area contributed by atoms with Crippen molar-refractivity contribution in [2.24, 2.45) is 5.92 Å². The molecule has 0 bridgehead atoms. The van der Waals surface area contributed by atoms with Crippen LogP contribution in [0.25, 0.3) is 0 Å². The SMILES string of the molecule is CC(C)CCC(C)NCCOC(C)C(F)(F)F. The lowest BCUT2D eigenvalue weighted by molar-refractivity contribution is -0.213. The van der Waals surface area contributed by atoms with Gasteiger partial charge in [-0.05, 0) is 32.6 Å². The molecule has 0 aromatic rings. The Morgan fingerprint density at radius 3 is 2.12 bits per heavy atom. The van der Waals surface area contributed by atoms with E-state index in [9.17, 15) is 13.2 Å². The fourth-order valence-corrected chi connectivity index (χ4v) is 1.32. The Kier molecular flexibility index (Phi) is 7.79. The van der Waals surface area contributed by atoms with Crippen molar-refractivity contribution in [1.82, 2.24) is 5.32 Å². The Hall–Kier alpha value is -0.290. The van der Waals surface area contributed by atoms with Crippen molar-refractivity contribution >= 4 is 0 Å². The minimum absolute atomic E-state index is 0.0900. The highest BCUT2D eigenvalue weighted by atomic mass is 19.4. The van der Waals surface area contributed by atoms with Gasteiger partial charge in [-0.2, -0.15) is 13.2 Å². The van der Waals surface area contributed by atoms with Crippen LogP contribution in [0.4, 0.5) is 13.2 Å². The first-order valence-corrected chi connectivity index (χ1v) is 6.15. The first-order chi connectivity index (χ1) is 7.73. The molecule has 0 spiro atoms. The summed E-state index contributed by atoms with van der Waals surface area (Å²) in [6.45, 7) is 7.92. The van der Waals surface area contributed by atoms with Gasteiger partial charge in [-0.25, -0.2) is 0 Å². The van der Waals surface area contributed by atoms with Gasteiger partial charge in [0.05, 0.1) is 6.61 Å². The van der Waals surface area contributed by atoms with Crippen molar-refractivity contribution in [2.45, 2.75) is 58.9 Å². The molecule has 0 aromatic carbocycles. The van der Waals surface area contributed by atoms with E-state index in [1.54, 1.807) is 0 Å². The third-order valence-electron chi connectivity index (χ3n) is 2.60. The van der Waals surface area contributed by atoms with Gasteiger partial charge in [-0.15, -0.1) is 0 Å². The van der Waals surface area contributed by atoms with Crippen LogP contribution in [0.2, 0.25) is 0 Å². The molecule has 2 unspecified atom stereocenters. The average molecular weight is 255 g/mol. The largest absolute Gasteiger partial charge is 0.414 e. The third-order valence-corrected chi connectivity index (χ3v) is 2.60. The Labute approximate surface area is 102 Å². The molecule has 1 N–H and O–H groups in total. The Morgan fingerprint density at radius 1 is 1.06 bits per heavy atom. The second-order valence-electron chi connectivity index (χ2n) is 4.88. The zero-order valence-electron chi connectivity index (χ0n) is 11.1. The molecule has 0 saturated heterocycles. The van der Waals surface area contributed by atoms with Crippen LogP contribution in [0.3, 0.4) is 0 Å². The molecular formula is C12H24F3NO. The summed E-state index contributed by atoms with van der Waals surface area (Å²) < 4.78 is 41.0. The molecule has 0 heterocycles. The van der Waals surface area contributed by atoms with Crippen LogP contribution in [0.1, 0.15) is 40.5 Å². The van der Waals surface area contributed by atoms with Crippen molar-refractivity contribution in [1.29, 1.82) is 0 Å². The van der Waals surface area contributed by atoms with E-state index in [0.717, 1.165) is 19.8 Å². The van der Waals surface area contributed by atoms with Crippen LogP contribution < -0.4 is 5.32 Å². The van der Waals surface area contributed by atoms with Gasteiger partial charge in [0, 0.05) is 12.6 Å². The summed E-state index contributed by atoms with van der Waals surface area (Å²) in [4.78, 5) is 0. The lowest BCUT2D eigenvalue weighted by Crippen LogP contribution is -2.34. The molecule has 0 rings (SSSR count). The Morgan fingerprint density at radius 2 is 1.65 bits per heavy atom. The number of hydrogen-bond acceptors (Lipinski definition) is 2. The van der Waals surface area contributed by atoms with E-state index in [-0.39, 0.29) is 6.61 Å². The molecule has 0 aliphatic rings. The Bertz CT molecular complexity index is 195. The maximum atomic E-state index is 12.1. The molecule has 2 nitrogen and oxygen atoms in total. The van der Waals surface area contributed by atoms with Gasteiger partial charge in [0.15, 0.2) is 6.10 Å². The van der Waals surface area contributed by atoms with Crippen LogP contribution in [0.15, 0.2) is 0 Å². The standard InChI is InChI=1S/C12H24F3NO/c1-9(2)5-6-10(3)16-7-8-17-11(4)12(13,14)15/h9-11,16H,5-8H2,1-4H3. The summed E-state index contributed by atoms with van der Waals surface area (Å²) in [6, 6.07) is 0.321. The number of alkyl halides is 3. The monoisotopic (exact) mass is 255 g/mol. The third kappa shape index (κ3) is 9.41. The van der Waals surface area contributed by atoms with Gasteiger partial charge >= 0.3 is 6.18 Å². The van der Waals surface area contributed by atoms with Gasteiger partial charge in [0.2, 0.25) is 0 Å². The molecule has 0 radical (unpaired) electrons. The van der Waals surface area contributed by atoms with Crippen molar-refractivity contribution in [3.63, 3.8) is 0 Å². The topological polar surface area (TPSA) is 21.3 Å². The second-order valence-corrected chi connectivity index (χ2v) is 4.88. The van der Waals surface area contributed by atoms with Crippen LogP contribution in [-0.2, 0) is 4.74 Å². The number of halogens is 3. The highest BCUT2D eigenvalue weighted by Gasteiger charge is 2.36. The molecule has 0 amide bonds. The summed E-state index contributed by atoms with van der Waals surface area (Å²) in [7, 11) is 0. The van der Waals surface area contributed by atoms with Gasteiger partial charge in [0.1, 0.15) is 0 Å². The van der Waals surface area contributed by atoms with Gasteiger partial charge < -0.3 is 10.1 Å². The maximum absolute atomic E-state index is 12.1. The highest BCUT2D eigenvalue weighted by Crippen LogP contribution is 2.21. The molecule has 0 aliphatic heterocycles. The molecule has 17 heavy (non-hydrogen) atoms. The normalized spacial score (nSPS) is 16.2. The van der Waals surface area contributed by atoms with Crippen LogP contribution in [-0.4, -0.2) is 31.5 Å². The van der Waals surface area contributed by atoms with E-state index >= 15 is 0 Å². The van der Waals surface area contributed by atoms with E-state index in [0.29, 0.717) is 18.5 Å². The van der Waals surface area contributed by atoms with E-state index in [4.69, 9.17) is 4.74 Å². The average Bonchev–Trinajstić information content (AvgIpc) is 2.19. The van der Waals surface area contributed by atoms with Gasteiger partial charge in [-0.3, -0.25) is 0 Å². The van der Waals surface area contributed by atoms with Crippen LogP contribution >= 0.6 is 0 Å². The lowest BCUT2D eigenvalue weighted by Gasteiger charge is -2.18. The van der Waals surface area contributed by atoms with Crippen molar-refractivity contribution in [3.8, 4) is 0 Å². The van der Waals surface area contributed by atoms with Crippen LogP contribution in [0.5, 0.6) is 0 Å². The molecule has 0 saturated carbocycles. The molecule has 0 aliphatic carbocycles. The predicted molar refractivity (Wildman–Crippen MR) is 63.0 cm³/mol. The van der Waals surface area contributed by atoms with E-state index in [1.165, 1.54) is 0 Å². The minimum atomic E-state index is -4.26. The van der Waals surface area contributed by atoms with E-state index in [2.05, 4.69) is 19.2 Å². The number of hydrogen-bond donors (Lipinski definition) is 1. The van der Waals surface area contributed by atoms with E-state index < -0.39 is 12.3 Å². The quantitative estimate of drug-likeness (QED) is 0.671. The van der Waals surface area contributed by atoms with Crippen LogP contribution in [0, 0.1) is 5.92 Å². The zero-order valence-corrected chi connectivity index (χ0v) is 11.1. The summed E-state index contributed by atoms with van der Waals surface area (Å²) in [5, 5.41) is 3.15. The predicted octanol–water partition coefficient (Wildman–Crippen LogP) is 3.37. The lowest BCUT2D eigenvalue weighted by atomic mass is 10.0. The summed E-state index contributed by atoms with van der Waals surface area (Å²) >= 11 is 0. The highest BCUT2D eigenvalue weighted by molar-refractivity contribution is 4.64. The zero-order chi connectivity index (χ0) is 13.5. The maximum Gasteiger partial charge on any atom is 0.414 e. The summed E-state index contributed by atoms with van der Waals surface area (Å²) in [6.07, 6.45) is -3.79. The van der Waals surface area contributed by atoms with Gasteiger partial charge in [-0.1, -0.05) is 13.8 Å². The molecular weight excluding hydrogens is 231 g/mol. The van der Waals surface area contributed by atoms with Gasteiger partial charge in [0.25, 0.3) is 0 Å². The first-order valence-electron chi connectivity index (χ1n) is 6.15. The van der Waals surface area contributed by atoms with Crippen molar-refractivity contribution in [2.75, 3.05) is 13.2 Å². The molecule has 5 heteroatoms. The summed E-state index contributed by atoms with van der Waals surface area (Å²) in [5.74, 6) is 0.653. The number of nitrogens with one attached hydrogen (secondary N) is 1.